The van der Waals surface area contributed by atoms with Crippen molar-refractivity contribution in [2.75, 3.05) is 12.3 Å². The van der Waals surface area contributed by atoms with Gasteiger partial charge in [0.2, 0.25) is 0 Å². The van der Waals surface area contributed by atoms with Crippen LogP contribution in [-0.4, -0.2) is 18.0 Å². The minimum absolute atomic E-state index is 0.0500. The Morgan fingerprint density at radius 3 is 2.88 bits per heavy atom. The molecule has 4 heteroatoms. The number of rotatable bonds is 2. The molecule has 0 aromatic heterocycles. The summed E-state index contributed by atoms with van der Waals surface area (Å²) in [6, 6.07) is 4.11. The fourth-order valence-electron chi connectivity index (χ4n) is 1.93. The largest absolute Gasteiger partial charge is 0.396 e. The first-order chi connectivity index (χ1) is 7.53. The predicted molar refractivity (Wildman–Crippen MR) is 58.7 cm³/mol. The molecule has 86 valence electrons. The number of halogens is 1. The van der Waals surface area contributed by atoms with E-state index >= 15 is 0 Å². The Hall–Kier alpha value is -1.42. The Morgan fingerprint density at radius 2 is 2.31 bits per heavy atom. The number of ether oxygens (including phenoxy) is 1. The Kier molecular flexibility index (Phi) is 2.68. The lowest BCUT2D eigenvalue weighted by atomic mass is 9.92. The second-order valence-electron chi connectivity index (χ2n) is 4.25. The van der Waals surface area contributed by atoms with E-state index < -0.39 is 11.4 Å². The Morgan fingerprint density at radius 1 is 1.56 bits per heavy atom. The molecule has 0 radical (unpaired) electrons. The van der Waals surface area contributed by atoms with E-state index in [2.05, 4.69) is 0 Å². The van der Waals surface area contributed by atoms with E-state index in [0.29, 0.717) is 18.6 Å². The first-order valence-electron chi connectivity index (χ1n) is 5.27. The molecule has 1 heterocycles. The summed E-state index contributed by atoms with van der Waals surface area (Å²) in [6.45, 7) is 2.33. The second kappa shape index (κ2) is 3.87. The van der Waals surface area contributed by atoms with Crippen LogP contribution in [0.1, 0.15) is 30.1 Å². The van der Waals surface area contributed by atoms with Gasteiger partial charge in [-0.2, -0.15) is 0 Å². The van der Waals surface area contributed by atoms with Crippen LogP contribution in [0.25, 0.3) is 0 Å². The van der Waals surface area contributed by atoms with Gasteiger partial charge in [0.1, 0.15) is 11.4 Å². The molecule has 1 aromatic rings. The average molecular weight is 223 g/mol. The third kappa shape index (κ3) is 1.80. The van der Waals surface area contributed by atoms with E-state index in [1.807, 2.05) is 0 Å². The number of Topliss-reactive ketones (excluding diaryl/α,β-unsaturated/α-hetero) is 1. The number of carbonyl (C=O) groups is 1. The molecule has 0 amide bonds. The summed E-state index contributed by atoms with van der Waals surface area (Å²) in [4.78, 5) is 12.1. The van der Waals surface area contributed by atoms with Gasteiger partial charge < -0.3 is 10.5 Å². The first-order valence-corrected chi connectivity index (χ1v) is 5.27. The summed E-state index contributed by atoms with van der Waals surface area (Å²) in [5.74, 6) is -0.739. The summed E-state index contributed by atoms with van der Waals surface area (Å²) >= 11 is 0. The fraction of sp³-hybridized carbons (Fsp3) is 0.417. The number of hydrogen-bond acceptors (Lipinski definition) is 3. The van der Waals surface area contributed by atoms with Gasteiger partial charge in [0.15, 0.2) is 5.78 Å². The van der Waals surface area contributed by atoms with Crippen molar-refractivity contribution in [2.24, 2.45) is 0 Å². The van der Waals surface area contributed by atoms with Gasteiger partial charge >= 0.3 is 0 Å². The number of ketones is 1. The van der Waals surface area contributed by atoms with Crippen molar-refractivity contribution in [3.8, 4) is 0 Å². The molecule has 16 heavy (non-hydrogen) atoms. The van der Waals surface area contributed by atoms with Gasteiger partial charge in [-0.05, 0) is 38.0 Å². The van der Waals surface area contributed by atoms with Crippen molar-refractivity contribution >= 4 is 11.5 Å². The molecule has 0 spiro atoms. The molecule has 1 aromatic carbocycles. The monoisotopic (exact) mass is 223 g/mol. The quantitative estimate of drug-likeness (QED) is 0.617. The number of nitrogen functional groups attached to an aromatic ring is 1. The van der Waals surface area contributed by atoms with Crippen molar-refractivity contribution in [3.05, 3.63) is 29.6 Å². The number of carbonyl (C=O) groups excluding carboxylic acids is 1. The molecule has 1 aliphatic heterocycles. The molecule has 3 nitrogen and oxygen atoms in total. The van der Waals surface area contributed by atoms with E-state index in [-0.39, 0.29) is 11.5 Å². The fourth-order valence-corrected chi connectivity index (χ4v) is 1.93. The Balaban J connectivity index is 2.30. The second-order valence-corrected chi connectivity index (χ2v) is 4.25. The molecule has 1 saturated heterocycles. The predicted octanol–water partition coefficient (Wildman–Crippen LogP) is 2.16. The van der Waals surface area contributed by atoms with Gasteiger partial charge in [-0.3, -0.25) is 4.79 Å². The smallest absolute Gasteiger partial charge is 0.194 e. The highest BCUT2D eigenvalue weighted by atomic mass is 19.1. The molecule has 1 atom stereocenters. The van der Waals surface area contributed by atoms with E-state index in [0.717, 1.165) is 6.42 Å². The molecule has 2 N–H and O–H groups in total. The molecule has 0 bridgehead atoms. The lowest BCUT2D eigenvalue weighted by molar-refractivity contribution is 0.0213. The number of hydrogen-bond donors (Lipinski definition) is 1. The normalized spacial score (nSPS) is 24.6. The van der Waals surface area contributed by atoms with Crippen LogP contribution in [0.5, 0.6) is 0 Å². The molecular weight excluding hydrogens is 209 g/mol. The molecule has 0 saturated carbocycles. The van der Waals surface area contributed by atoms with Crippen molar-refractivity contribution in [3.63, 3.8) is 0 Å². The van der Waals surface area contributed by atoms with Crippen LogP contribution in [-0.2, 0) is 4.74 Å². The lowest BCUT2D eigenvalue weighted by Crippen LogP contribution is -2.34. The summed E-state index contributed by atoms with van der Waals surface area (Å²) in [5.41, 5.74) is 4.92. The van der Waals surface area contributed by atoms with Crippen LogP contribution < -0.4 is 5.73 Å². The standard InChI is InChI=1S/C12H14FNO2/c1-12(5-2-6-16-12)11(15)8-3-4-10(14)9(13)7-8/h3-4,7H,2,5-6,14H2,1H3. The molecular formula is C12H14FNO2. The highest BCUT2D eigenvalue weighted by Gasteiger charge is 2.38. The lowest BCUT2D eigenvalue weighted by Gasteiger charge is -2.21. The molecule has 1 aliphatic rings. The maximum atomic E-state index is 13.2. The van der Waals surface area contributed by atoms with Crippen molar-refractivity contribution in [1.82, 2.24) is 0 Å². The Bertz CT molecular complexity index is 425. The summed E-state index contributed by atoms with van der Waals surface area (Å²) < 4.78 is 18.7. The van der Waals surface area contributed by atoms with Gasteiger partial charge in [0.25, 0.3) is 0 Å². The van der Waals surface area contributed by atoms with E-state index in [1.165, 1.54) is 18.2 Å². The summed E-state index contributed by atoms with van der Waals surface area (Å²) in [6.07, 6.45) is 1.54. The van der Waals surface area contributed by atoms with Crippen molar-refractivity contribution in [2.45, 2.75) is 25.4 Å². The molecule has 0 aliphatic carbocycles. The van der Waals surface area contributed by atoms with E-state index in [9.17, 15) is 9.18 Å². The third-order valence-electron chi connectivity index (χ3n) is 2.96. The zero-order chi connectivity index (χ0) is 11.8. The van der Waals surface area contributed by atoms with Crippen LogP contribution >= 0.6 is 0 Å². The first kappa shape index (κ1) is 11.1. The van der Waals surface area contributed by atoms with E-state index in [4.69, 9.17) is 10.5 Å². The highest BCUT2D eigenvalue weighted by molar-refractivity contribution is 6.02. The van der Waals surface area contributed by atoms with Gasteiger partial charge in [-0.25, -0.2) is 4.39 Å². The van der Waals surface area contributed by atoms with Crippen molar-refractivity contribution < 1.29 is 13.9 Å². The van der Waals surface area contributed by atoms with Gasteiger partial charge in [-0.1, -0.05) is 0 Å². The van der Waals surface area contributed by atoms with Crippen LogP contribution in [0.4, 0.5) is 10.1 Å². The molecule has 1 fully saturated rings. The maximum Gasteiger partial charge on any atom is 0.194 e. The summed E-state index contributed by atoms with van der Waals surface area (Å²) in [7, 11) is 0. The Labute approximate surface area is 93.4 Å². The topological polar surface area (TPSA) is 52.3 Å². The zero-order valence-corrected chi connectivity index (χ0v) is 9.13. The highest BCUT2D eigenvalue weighted by Crippen LogP contribution is 2.29. The zero-order valence-electron chi connectivity index (χ0n) is 9.13. The number of benzene rings is 1. The van der Waals surface area contributed by atoms with E-state index in [1.54, 1.807) is 6.92 Å². The molecule has 2 rings (SSSR count). The maximum absolute atomic E-state index is 13.2. The van der Waals surface area contributed by atoms with Crippen molar-refractivity contribution in [1.29, 1.82) is 0 Å². The van der Waals surface area contributed by atoms with Crippen LogP contribution in [0.3, 0.4) is 0 Å². The minimum Gasteiger partial charge on any atom is -0.396 e. The average Bonchev–Trinajstić information content (AvgIpc) is 2.70. The van der Waals surface area contributed by atoms with Gasteiger partial charge in [0, 0.05) is 12.2 Å². The van der Waals surface area contributed by atoms with Gasteiger partial charge in [0.05, 0.1) is 5.69 Å². The summed E-state index contributed by atoms with van der Waals surface area (Å²) in [5, 5.41) is 0. The molecule has 1 unspecified atom stereocenters. The number of anilines is 1. The van der Waals surface area contributed by atoms with Gasteiger partial charge in [-0.15, -0.1) is 0 Å². The van der Waals surface area contributed by atoms with Crippen LogP contribution in [0.15, 0.2) is 18.2 Å². The van der Waals surface area contributed by atoms with Crippen LogP contribution in [0.2, 0.25) is 0 Å². The minimum atomic E-state index is -0.803. The SMILES string of the molecule is CC1(C(=O)c2ccc(N)c(F)c2)CCCO1. The van der Waals surface area contributed by atoms with Crippen LogP contribution in [0, 0.1) is 5.82 Å². The number of nitrogens with two attached hydrogens (primary N) is 1. The third-order valence-corrected chi connectivity index (χ3v) is 2.96.